The van der Waals surface area contributed by atoms with Crippen molar-refractivity contribution in [3.63, 3.8) is 0 Å². The summed E-state index contributed by atoms with van der Waals surface area (Å²) >= 11 is 0. The van der Waals surface area contributed by atoms with Gasteiger partial charge in [-0.05, 0) is 49.9 Å². The van der Waals surface area contributed by atoms with Crippen molar-refractivity contribution in [2.45, 2.75) is 32.1 Å². The fraction of sp³-hybridized carbons (Fsp3) is 0.261. The summed E-state index contributed by atoms with van der Waals surface area (Å²) < 4.78 is 1.88. The summed E-state index contributed by atoms with van der Waals surface area (Å²) in [4.78, 5) is 26.8. The van der Waals surface area contributed by atoms with E-state index in [0.29, 0.717) is 16.9 Å². The Hall–Kier alpha value is -3.41. The summed E-state index contributed by atoms with van der Waals surface area (Å²) in [5, 5.41) is 14.3. The molecule has 29 heavy (non-hydrogen) atoms. The molecule has 1 aliphatic heterocycles. The molecular weight excluding hydrogens is 366 g/mol. The van der Waals surface area contributed by atoms with Gasteiger partial charge >= 0.3 is 5.97 Å². The monoisotopic (exact) mass is 387 g/mol. The number of rotatable bonds is 3. The molecule has 146 valence electrons. The van der Waals surface area contributed by atoms with E-state index < -0.39 is 11.9 Å². The molecule has 1 unspecified atom stereocenters. The van der Waals surface area contributed by atoms with Crippen LogP contribution in [0.2, 0.25) is 0 Å². The number of carboxylic acids is 1. The molecule has 1 amide bonds. The summed E-state index contributed by atoms with van der Waals surface area (Å²) in [6, 6.07) is 15.3. The third-order valence-corrected chi connectivity index (χ3v) is 5.92. The number of benzene rings is 2. The van der Waals surface area contributed by atoms with Crippen molar-refractivity contribution in [2.24, 2.45) is 0 Å². The molecule has 0 saturated heterocycles. The van der Waals surface area contributed by atoms with Crippen molar-refractivity contribution < 1.29 is 14.7 Å². The highest BCUT2D eigenvalue weighted by Gasteiger charge is 2.39. The molecule has 2 aromatic carbocycles. The number of nitrogens with zero attached hydrogens (tertiary/aromatic N) is 3. The molecule has 3 aromatic rings. The number of para-hydroxylation sites is 1. The average Bonchev–Trinajstić information content (AvgIpc) is 3.42. The predicted octanol–water partition coefficient (Wildman–Crippen LogP) is 3.50. The Labute approximate surface area is 168 Å². The third kappa shape index (κ3) is 2.75. The highest BCUT2D eigenvalue weighted by molar-refractivity contribution is 6.08. The third-order valence-electron chi connectivity index (χ3n) is 5.92. The van der Waals surface area contributed by atoms with E-state index >= 15 is 0 Å². The minimum Gasteiger partial charge on any atom is -0.481 e. The molecule has 0 saturated carbocycles. The van der Waals surface area contributed by atoms with E-state index in [9.17, 15) is 14.7 Å². The summed E-state index contributed by atoms with van der Waals surface area (Å²) in [5.74, 6) is -1.84. The number of aryl methyl sites for hydroxylation is 1. The van der Waals surface area contributed by atoms with E-state index in [1.165, 1.54) is 5.56 Å². The first-order valence-electron chi connectivity index (χ1n) is 9.86. The van der Waals surface area contributed by atoms with Crippen molar-refractivity contribution in [3.8, 4) is 5.69 Å². The number of carboxylic acid groups (broad SMARTS) is 1. The fourth-order valence-electron chi connectivity index (χ4n) is 4.45. The zero-order valence-corrected chi connectivity index (χ0v) is 16.1. The highest BCUT2D eigenvalue weighted by Crippen LogP contribution is 2.38. The van der Waals surface area contributed by atoms with Crippen molar-refractivity contribution in [1.29, 1.82) is 0 Å². The van der Waals surface area contributed by atoms with Gasteiger partial charge in [-0.3, -0.25) is 9.59 Å². The van der Waals surface area contributed by atoms with E-state index in [1.807, 2.05) is 54.1 Å². The molecule has 1 aromatic heterocycles. The lowest BCUT2D eigenvalue weighted by Gasteiger charge is -2.16. The fourth-order valence-corrected chi connectivity index (χ4v) is 4.45. The van der Waals surface area contributed by atoms with E-state index in [0.717, 1.165) is 36.2 Å². The predicted molar refractivity (Wildman–Crippen MR) is 109 cm³/mol. The molecule has 1 N–H and O–H groups in total. The maximum Gasteiger partial charge on any atom is 0.312 e. The number of anilines is 1. The lowest BCUT2D eigenvalue weighted by Crippen LogP contribution is -2.32. The molecule has 1 aliphatic carbocycles. The van der Waals surface area contributed by atoms with Crippen molar-refractivity contribution >= 4 is 17.6 Å². The van der Waals surface area contributed by atoms with Crippen LogP contribution in [0.3, 0.4) is 0 Å². The van der Waals surface area contributed by atoms with Crippen LogP contribution >= 0.6 is 0 Å². The van der Waals surface area contributed by atoms with Crippen LogP contribution < -0.4 is 4.90 Å². The number of hydrogen-bond acceptors (Lipinski definition) is 3. The molecule has 6 nitrogen and oxygen atoms in total. The topological polar surface area (TPSA) is 75.4 Å². The Morgan fingerprint density at radius 1 is 1.07 bits per heavy atom. The smallest absolute Gasteiger partial charge is 0.312 e. The Balaban J connectivity index is 1.57. The largest absolute Gasteiger partial charge is 0.481 e. The van der Waals surface area contributed by atoms with Gasteiger partial charge in [-0.25, -0.2) is 4.68 Å². The lowest BCUT2D eigenvalue weighted by atomic mass is 10.0. The Morgan fingerprint density at radius 2 is 1.83 bits per heavy atom. The second-order valence-corrected chi connectivity index (χ2v) is 7.74. The van der Waals surface area contributed by atoms with Gasteiger partial charge in [0.05, 0.1) is 5.69 Å². The standard InChI is InChI=1S/C23H21N3O3/c1-14-9-11-15(12-10-14)26-20-8-4-6-17(20)21(24-26)22(27)25-13-18(23(28)29)16-5-2-3-7-19(16)25/h2-3,5,7,9-12,18H,4,6,8,13H2,1H3,(H,28,29). The van der Waals surface area contributed by atoms with E-state index in [4.69, 9.17) is 5.10 Å². The van der Waals surface area contributed by atoms with Crippen LogP contribution in [-0.4, -0.2) is 33.3 Å². The van der Waals surface area contributed by atoms with Gasteiger partial charge in [0.2, 0.25) is 0 Å². The first-order valence-corrected chi connectivity index (χ1v) is 9.86. The van der Waals surface area contributed by atoms with Gasteiger partial charge in [0.25, 0.3) is 5.91 Å². The zero-order valence-electron chi connectivity index (χ0n) is 16.1. The average molecular weight is 387 g/mol. The van der Waals surface area contributed by atoms with Crippen LogP contribution in [0.25, 0.3) is 5.69 Å². The van der Waals surface area contributed by atoms with Crippen LogP contribution in [0.5, 0.6) is 0 Å². The first kappa shape index (κ1) is 17.7. The molecule has 5 rings (SSSR count). The normalized spacial score (nSPS) is 17.3. The van der Waals surface area contributed by atoms with Gasteiger partial charge in [0.1, 0.15) is 5.92 Å². The Morgan fingerprint density at radius 3 is 2.59 bits per heavy atom. The Kier molecular flexibility index (Phi) is 4.01. The van der Waals surface area contributed by atoms with Gasteiger partial charge in [0.15, 0.2) is 5.69 Å². The van der Waals surface area contributed by atoms with Crippen LogP contribution in [-0.2, 0) is 17.6 Å². The number of carbonyl (C=O) groups is 2. The van der Waals surface area contributed by atoms with Crippen molar-refractivity contribution in [2.75, 3.05) is 11.4 Å². The van der Waals surface area contributed by atoms with E-state index in [2.05, 4.69) is 0 Å². The first-order chi connectivity index (χ1) is 14.0. The molecule has 0 bridgehead atoms. The SMILES string of the molecule is Cc1ccc(-n2nc(C(=O)N3CC(C(=O)O)c4ccccc43)c3c2CCC3)cc1. The Bertz CT molecular complexity index is 1130. The minimum absolute atomic E-state index is 0.139. The van der Waals surface area contributed by atoms with Crippen LogP contribution in [0.1, 0.15) is 45.2 Å². The van der Waals surface area contributed by atoms with Crippen molar-refractivity contribution in [1.82, 2.24) is 9.78 Å². The number of hydrogen-bond donors (Lipinski definition) is 1. The minimum atomic E-state index is -0.914. The number of fused-ring (bicyclic) bond motifs is 2. The highest BCUT2D eigenvalue weighted by atomic mass is 16.4. The second kappa shape index (κ2) is 6.58. The molecule has 1 atom stereocenters. The zero-order chi connectivity index (χ0) is 20.1. The van der Waals surface area contributed by atoms with Gasteiger partial charge in [-0.1, -0.05) is 35.9 Å². The summed E-state index contributed by atoms with van der Waals surface area (Å²) in [7, 11) is 0. The van der Waals surface area contributed by atoms with Gasteiger partial charge in [-0.15, -0.1) is 0 Å². The molecule has 2 aliphatic rings. The van der Waals surface area contributed by atoms with Gasteiger partial charge in [0, 0.05) is 23.5 Å². The molecule has 6 heteroatoms. The van der Waals surface area contributed by atoms with Gasteiger partial charge in [-0.2, -0.15) is 5.10 Å². The second-order valence-electron chi connectivity index (χ2n) is 7.74. The summed E-state index contributed by atoms with van der Waals surface area (Å²) in [6.07, 6.45) is 2.70. The molecular formula is C23H21N3O3. The summed E-state index contributed by atoms with van der Waals surface area (Å²) in [6.45, 7) is 2.18. The van der Waals surface area contributed by atoms with E-state index in [1.54, 1.807) is 11.0 Å². The number of aliphatic carboxylic acids is 1. The number of aromatic nitrogens is 2. The molecule has 0 spiro atoms. The maximum atomic E-state index is 13.5. The van der Waals surface area contributed by atoms with Crippen LogP contribution in [0.15, 0.2) is 48.5 Å². The number of amides is 1. The molecule has 2 heterocycles. The van der Waals surface area contributed by atoms with E-state index in [-0.39, 0.29) is 12.5 Å². The van der Waals surface area contributed by atoms with Crippen LogP contribution in [0, 0.1) is 6.92 Å². The number of carbonyl (C=O) groups excluding carboxylic acids is 1. The molecule has 0 radical (unpaired) electrons. The lowest BCUT2D eigenvalue weighted by molar-refractivity contribution is -0.138. The van der Waals surface area contributed by atoms with Crippen molar-refractivity contribution in [3.05, 3.63) is 76.6 Å². The molecule has 0 fully saturated rings. The summed E-state index contributed by atoms with van der Waals surface area (Å²) in [5.41, 5.74) is 5.98. The van der Waals surface area contributed by atoms with Gasteiger partial charge < -0.3 is 10.0 Å². The van der Waals surface area contributed by atoms with Crippen LogP contribution in [0.4, 0.5) is 5.69 Å². The maximum absolute atomic E-state index is 13.5. The quantitative estimate of drug-likeness (QED) is 0.746.